The van der Waals surface area contributed by atoms with Crippen LogP contribution in [0.4, 0.5) is 13.2 Å². The minimum absolute atomic E-state index is 0.0293. The largest absolute Gasteiger partial charge is 0.451 e. The Balaban J connectivity index is 1.97. The summed E-state index contributed by atoms with van der Waals surface area (Å²) < 4.78 is 38.8. The summed E-state index contributed by atoms with van der Waals surface area (Å²) in [6.45, 7) is 3.99. The number of nitrogens with one attached hydrogen (secondary N) is 1. The maximum atomic E-state index is 12.7. The molecular formula is C14H17F3N4OS2. The van der Waals surface area contributed by atoms with Crippen LogP contribution in [0, 0.1) is 5.92 Å². The molecule has 0 unspecified atom stereocenters. The Labute approximate surface area is 145 Å². The predicted molar refractivity (Wildman–Crippen MR) is 86.8 cm³/mol. The fourth-order valence-electron chi connectivity index (χ4n) is 2.07. The van der Waals surface area contributed by atoms with Gasteiger partial charge in [0.15, 0.2) is 5.16 Å². The molecule has 2 aromatic rings. The first-order valence-electron chi connectivity index (χ1n) is 7.12. The average Bonchev–Trinajstić information content (AvgIpc) is 3.11. The topological polar surface area (TPSA) is 59.8 Å². The van der Waals surface area contributed by atoms with Crippen molar-refractivity contribution in [1.29, 1.82) is 0 Å². The van der Waals surface area contributed by atoms with E-state index in [0.29, 0.717) is 0 Å². The van der Waals surface area contributed by atoms with Crippen LogP contribution < -0.4 is 5.32 Å². The van der Waals surface area contributed by atoms with Gasteiger partial charge in [-0.25, -0.2) is 0 Å². The molecule has 1 amide bonds. The number of rotatable bonds is 6. The van der Waals surface area contributed by atoms with Gasteiger partial charge in [0.05, 0.1) is 11.8 Å². The van der Waals surface area contributed by atoms with Crippen LogP contribution in [0.15, 0.2) is 22.7 Å². The summed E-state index contributed by atoms with van der Waals surface area (Å²) in [4.78, 5) is 13.2. The minimum Gasteiger partial charge on any atom is -0.347 e. The Morgan fingerprint density at radius 3 is 2.62 bits per heavy atom. The third-order valence-corrected chi connectivity index (χ3v) is 5.23. The summed E-state index contributed by atoms with van der Waals surface area (Å²) in [5, 5.41) is 11.5. The Kier molecular flexibility index (Phi) is 5.92. The summed E-state index contributed by atoms with van der Waals surface area (Å²) in [6, 6.07) is 3.73. The Bertz CT molecular complexity index is 683. The van der Waals surface area contributed by atoms with Crippen molar-refractivity contribution < 1.29 is 18.0 Å². The molecule has 2 rings (SSSR count). The van der Waals surface area contributed by atoms with Crippen molar-refractivity contribution in [1.82, 2.24) is 20.1 Å². The van der Waals surface area contributed by atoms with Crippen LogP contribution in [0.25, 0.3) is 0 Å². The highest BCUT2D eigenvalue weighted by molar-refractivity contribution is 7.99. The molecule has 0 aliphatic heterocycles. The molecule has 10 heteroatoms. The van der Waals surface area contributed by atoms with Crippen LogP contribution in [0.1, 0.15) is 30.6 Å². The van der Waals surface area contributed by atoms with E-state index in [4.69, 9.17) is 0 Å². The molecule has 0 aliphatic carbocycles. The zero-order chi connectivity index (χ0) is 17.9. The zero-order valence-electron chi connectivity index (χ0n) is 13.3. The van der Waals surface area contributed by atoms with Crippen molar-refractivity contribution in [3.05, 3.63) is 28.2 Å². The van der Waals surface area contributed by atoms with Crippen LogP contribution in [-0.4, -0.2) is 26.4 Å². The maximum Gasteiger partial charge on any atom is 0.451 e. The monoisotopic (exact) mass is 378 g/mol. The summed E-state index contributed by atoms with van der Waals surface area (Å²) in [5.74, 6) is -1.17. The molecule has 132 valence electrons. The van der Waals surface area contributed by atoms with Crippen LogP contribution in [-0.2, 0) is 18.0 Å². The summed E-state index contributed by atoms with van der Waals surface area (Å²) in [7, 11) is 1.23. The number of thiophene rings is 1. The highest BCUT2D eigenvalue weighted by Gasteiger charge is 2.37. The van der Waals surface area contributed by atoms with Gasteiger partial charge in [0, 0.05) is 11.9 Å². The number of nitrogens with zero attached hydrogens (tertiary/aromatic N) is 3. The second-order valence-corrected chi connectivity index (χ2v) is 7.38. The van der Waals surface area contributed by atoms with Crippen LogP contribution in [0.2, 0.25) is 0 Å². The molecule has 2 aromatic heterocycles. The summed E-state index contributed by atoms with van der Waals surface area (Å²) in [6.07, 6.45) is -4.56. The second-order valence-electron chi connectivity index (χ2n) is 5.46. The molecule has 0 bridgehead atoms. The fourth-order valence-corrected chi connectivity index (χ4v) is 3.74. The molecule has 0 aromatic carbocycles. The van der Waals surface area contributed by atoms with E-state index >= 15 is 0 Å². The van der Waals surface area contributed by atoms with Gasteiger partial charge in [-0.1, -0.05) is 31.7 Å². The van der Waals surface area contributed by atoms with E-state index in [1.807, 2.05) is 31.4 Å². The summed E-state index contributed by atoms with van der Waals surface area (Å²) in [5.41, 5.74) is 0. The third-order valence-electron chi connectivity index (χ3n) is 3.25. The van der Waals surface area contributed by atoms with Gasteiger partial charge in [0.1, 0.15) is 0 Å². The molecule has 1 N–H and O–H groups in total. The minimum atomic E-state index is -4.56. The number of halogens is 3. The highest BCUT2D eigenvalue weighted by atomic mass is 32.2. The third kappa shape index (κ3) is 4.50. The molecular weight excluding hydrogens is 361 g/mol. The zero-order valence-corrected chi connectivity index (χ0v) is 14.9. The van der Waals surface area contributed by atoms with Crippen molar-refractivity contribution >= 4 is 29.0 Å². The normalized spacial score (nSPS) is 13.3. The lowest BCUT2D eigenvalue weighted by atomic mass is 10.0. The number of hydrogen-bond donors (Lipinski definition) is 1. The lowest BCUT2D eigenvalue weighted by Crippen LogP contribution is -2.32. The summed E-state index contributed by atoms with van der Waals surface area (Å²) >= 11 is 2.48. The van der Waals surface area contributed by atoms with Crippen molar-refractivity contribution in [2.24, 2.45) is 13.0 Å². The van der Waals surface area contributed by atoms with E-state index in [-0.39, 0.29) is 28.8 Å². The van der Waals surface area contributed by atoms with Gasteiger partial charge in [0.25, 0.3) is 0 Å². The van der Waals surface area contributed by atoms with Gasteiger partial charge in [-0.3, -0.25) is 4.79 Å². The number of aromatic nitrogens is 3. The Hall–Kier alpha value is -1.55. The molecule has 0 radical (unpaired) electrons. The smallest absolute Gasteiger partial charge is 0.347 e. The number of carbonyl (C=O) groups excluding carboxylic acids is 1. The number of hydrogen-bond acceptors (Lipinski definition) is 5. The van der Waals surface area contributed by atoms with Gasteiger partial charge >= 0.3 is 6.18 Å². The molecule has 0 saturated heterocycles. The molecule has 5 nitrogen and oxygen atoms in total. The number of thioether (sulfide) groups is 1. The standard InChI is InChI=1S/C14H17F3N4OS2/c1-8(2)11(9-5-4-6-23-9)18-10(22)7-24-13-20-19-12(21(13)3)14(15,16)17/h4-6,8,11H,7H2,1-3H3,(H,18,22)/t11-/m0/s1. The Morgan fingerprint density at radius 1 is 1.42 bits per heavy atom. The van der Waals surface area contributed by atoms with E-state index in [0.717, 1.165) is 21.2 Å². The molecule has 0 fully saturated rings. The molecule has 0 saturated carbocycles. The maximum absolute atomic E-state index is 12.7. The van der Waals surface area contributed by atoms with Gasteiger partial charge in [-0.2, -0.15) is 13.2 Å². The fraction of sp³-hybridized carbons (Fsp3) is 0.500. The second kappa shape index (κ2) is 7.56. The highest BCUT2D eigenvalue weighted by Crippen LogP contribution is 2.30. The van der Waals surface area contributed by atoms with E-state index in [1.54, 1.807) is 11.3 Å². The molecule has 24 heavy (non-hydrogen) atoms. The van der Waals surface area contributed by atoms with Crippen LogP contribution in [0.3, 0.4) is 0 Å². The number of amides is 1. The average molecular weight is 378 g/mol. The van der Waals surface area contributed by atoms with Gasteiger partial charge in [-0.15, -0.1) is 21.5 Å². The van der Waals surface area contributed by atoms with Gasteiger partial charge < -0.3 is 9.88 Å². The van der Waals surface area contributed by atoms with E-state index in [2.05, 4.69) is 15.5 Å². The van der Waals surface area contributed by atoms with E-state index in [9.17, 15) is 18.0 Å². The van der Waals surface area contributed by atoms with Crippen molar-refractivity contribution in [3.8, 4) is 0 Å². The van der Waals surface area contributed by atoms with Gasteiger partial charge in [-0.05, 0) is 17.4 Å². The van der Waals surface area contributed by atoms with Crippen LogP contribution >= 0.6 is 23.1 Å². The lowest BCUT2D eigenvalue weighted by molar-refractivity contribution is -0.147. The van der Waals surface area contributed by atoms with Crippen molar-refractivity contribution in [2.75, 3.05) is 5.75 Å². The van der Waals surface area contributed by atoms with Crippen molar-refractivity contribution in [2.45, 2.75) is 31.2 Å². The number of alkyl halides is 3. The Morgan fingerprint density at radius 2 is 2.12 bits per heavy atom. The number of carbonyl (C=O) groups is 1. The first kappa shape index (κ1) is 18.8. The SMILES string of the molecule is CC(C)[C@H](NC(=O)CSc1nnc(C(F)(F)F)n1C)c1cccs1. The lowest BCUT2D eigenvalue weighted by Gasteiger charge is -2.21. The van der Waals surface area contributed by atoms with E-state index < -0.39 is 12.0 Å². The molecule has 1 atom stereocenters. The van der Waals surface area contributed by atoms with Crippen LogP contribution in [0.5, 0.6) is 0 Å². The first-order chi connectivity index (χ1) is 11.2. The van der Waals surface area contributed by atoms with Crippen molar-refractivity contribution in [3.63, 3.8) is 0 Å². The first-order valence-corrected chi connectivity index (χ1v) is 8.98. The van der Waals surface area contributed by atoms with Gasteiger partial charge in [0.2, 0.25) is 11.7 Å². The quantitative estimate of drug-likeness (QED) is 0.782. The van der Waals surface area contributed by atoms with E-state index in [1.165, 1.54) is 7.05 Å². The molecule has 0 spiro atoms. The molecule has 2 heterocycles. The predicted octanol–water partition coefficient (Wildman–Crippen LogP) is 3.50. The molecule has 0 aliphatic rings.